The van der Waals surface area contributed by atoms with Crippen molar-refractivity contribution in [3.05, 3.63) is 0 Å². The average molecular weight is 327 g/mol. The molecule has 0 radical (unpaired) electrons. The van der Waals surface area contributed by atoms with E-state index in [4.69, 9.17) is 5.73 Å². The van der Waals surface area contributed by atoms with Crippen molar-refractivity contribution in [1.82, 2.24) is 9.21 Å². The molecule has 20 heavy (non-hydrogen) atoms. The number of nitrogens with two attached hydrogens (primary N) is 1. The molecular formula is C11H25N3O4S2. The fraction of sp³-hybridized carbons (Fsp3) is 1.00. The number of hydrogen-bond donors (Lipinski definition) is 1. The van der Waals surface area contributed by atoms with E-state index in [0.29, 0.717) is 26.2 Å². The van der Waals surface area contributed by atoms with Crippen LogP contribution in [-0.4, -0.2) is 83.1 Å². The van der Waals surface area contributed by atoms with Gasteiger partial charge in [-0.25, -0.2) is 21.1 Å². The second-order valence-corrected chi connectivity index (χ2v) is 9.53. The van der Waals surface area contributed by atoms with Gasteiger partial charge in [0, 0.05) is 25.9 Å². The second-order valence-electron chi connectivity index (χ2n) is 5.18. The fourth-order valence-electron chi connectivity index (χ4n) is 2.15. The van der Waals surface area contributed by atoms with E-state index in [0.717, 1.165) is 32.2 Å². The molecule has 0 bridgehead atoms. The summed E-state index contributed by atoms with van der Waals surface area (Å²) < 4.78 is 47.9. The highest BCUT2D eigenvalue weighted by molar-refractivity contribution is 7.93. The Morgan fingerprint density at radius 2 is 1.70 bits per heavy atom. The topological polar surface area (TPSA) is 101 Å². The van der Waals surface area contributed by atoms with Crippen LogP contribution in [0.5, 0.6) is 0 Å². The van der Waals surface area contributed by atoms with Crippen LogP contribution in [0, 0.1) is 0 Å². The normalized spacial score (nSPS) is 19.9. The van der Waals surface area contributed by atoms with Crippen molar-refractivity contribution in [2.45, 2.75) is 12.8 Å². The zero-order chi connectivity index (χ0) is 15.2. The molecule has 7 nitrogen and oxygen atoms in total. The molecule has 1 fully saturated rings. The Kier molecular flexibility index (Phi) is 6.86. The van der Waals surface area contributed by atoms with E-state index in [1.807, 2.05) is 0 Å². The number of nitrogens with zero attached hydrogens (tertiary/aromatic N) is 2. The van der Waals surface area contributed by atoms with E-state index in [9.17, 15) is 16.8 Å². The lowest BCUT2D eigenvalue weighted by atomic mass is 10.3. The maximum Gasteiger partial charge on any atom is 0.215 e. The van der Waals surface area contributed by atoms with Gasteiger partial charge in [0.15, 0.2) is 0 Å². The van der Waals surface area contributed by atoms with Crippen LogP contribution in [0.3, 0.4) is 0 Å². The van der Waals surface area contributed by atoms with Crippen molar-refractivity contribution in [3.63, 3.8) is 0 Å². The number of sulfonamides is 1. The Morgan fingerprint density at radius 3 is 2.30 bits per heavy atom. The maximum atomic E-state index is 12.1. The second kappa shape index (κ2) is 7.69. The van der Waals surface area contributed by atoms with E-state index in [-0.39, 0.29) is 11.5 Å². The van der Waals surface area contributed by atoms with E-state index in [1.54, 1.807) is 0 Å². The summed E-state index contributed by atoms with van der Waals surface area (Å²) >= 11 is 0. The van der Waals surface area contributed by atoms with Crippen molar-refractivity contribution >= 4 is 19.9 Å². The molecule has 1 saturated heterocycles. The van der Waals surface area contributed by atoms with Gasteiger partial charge in [-0.2, -0.15) is 0 Å². The summed E-state index contributed by atoms with van der Waals surface area (Å²) in [5.74, 6) is -0.642. The Morgan fingerprint density at radius 1 is 1.00 bits per heavy atom. The average Bonchev–Trinajstić information content (AvgIpc) is 2.59. The molecule has 1 rings (SSSR count). The monoisotopic (exact) mass is 327 g/mol. The smallest absolute Gasteiger partial charge is 0.215 e. The first kappa shape index (κ1) is 17.8. The molecule has 0 amide bonds. The first-order valence-corrected chi connectivity index (χ1v) is 10.5. The molecule has 120 valence electrons. The van der Waals surface area contributed by atoms with E-state index >= 15 is 0 Å². The van der Waals surface area contributed by atoms with Crippen LogP contribution >= 0.6 is 0 Å². The highest BCUT2D eigenvalue weighted by atomic mass is 32.2. The SMILES string of the molecule is CS(=O)(=O)CCS(=O)(=O)N1CCCN(CCCN)CC1. The molecule has 1 aliphatic rings. The minimum absolute atomic E-state index is 0.317. The zero-order valence-corrected chi connectivity index (χ0v) is 13.6. The van der Waals surface area contributed by atoms with E-state index in [1.165, 1.54) is 4.31 Å². The lowest BCUT2D eigenvalue weighted by molar-refractivity contribution is 0.285. The van der Waals surface area contributed by atoms with Gasteiger partial charge in [0.05, 0.1) is 11.5 Å². The molecule has 1 heterocycles. The minimum atomic E-state index is -3.48. The summed E-state index contributed by atoms with van der Waals surface area (Å²) in [6, 6.07) is 0. The largest absolute Gasteiger partial charge is 0.330 e. The van der Waals surface area contributed by atoms with Gasteiger partial charge >= 0.3 is 0 Å². The lowest BCUT2D eigenvalue weighted by Crippen LogP contribution is -2.38. The molecule has 0 saturated carbocycles. The molecule has 0 atom stereocenters. The molecule has 2 N–H and O–H groups in total. The Hall–Kier alpha value is -0.220. The third kappa shape index (κ3) is 6.49. The minimum Gasteiger partial charge on any atom is -0.330 e. The molecule has 9 heteroatoms. The van der Waals surface area contributed by atoms with Gasteiger partial charge in [0.25, 0.3) is 0 Å². The predicted molar refractivity (Wildman–Crippen MR) is 79.8 cm³/mol. The van der Waals surface area contributed by atoms with Gasteiger partial charge in [0.1, 0.15) is 9.84 Å². The summed E-state index contributed by atoms with van der Waals surface area (Å²) in [7, 11) is -6.74. The molecule has 0 aromatic carbocycles. The Labute approximate surface area is 122 Å². The Bertz CT molecular complexity index is 490. The molecular weight excluding hydrogens is 302 g/mol. The Balaban J connectivity index is 2.54. The van der Waals surface area contributed by atoms with Crippen LogP contribution in [-0.2, 0) is 19.9 Å². The predicted octanol–water partition coefficient (Wildman–Crippen LogP) is -1.28. The van der Waals surface area contributed by atoms with Gasteiger partial charge in [-0.3, -0.25) is 0 Å². The van der Waals surface area contributed by atoms with Gasteiger partial charge < -0.3 is 10.6 Å². The fourth-order valence-corrected chi connectivity index (χ4v) is 5.23. The molecule has 0 aliphatic carbocycles. The van der Waals surface area contributed by atoms with Crippen molar-refractivity contribution < 1.29 is 16.8 Å². The summed E-state index contributed by atoms with van der Waals surface area (Å²) in [6.45, 7) is 3.94. The van der Waals surface area contributed by atoms with Gasteiger partial charge in [-0.1, -0.05) is 0 Å². The first-order valence-electron chi connectivity index (χ1n) is 6.82. The van der Waals surface area contributed by atoms with Gasteiger partial charge in [-0.05, 0) is 32.5 Å². The van der Waals surface area contributed by atoms with Crippen molar-refractivity contribution in [3.8, 4) is 0 Å². The van der Waals surface area contributed by atoms with Crippen LogP contribution in [0.15, 0.2) is 0 Å². The molecule has 1 aliphatic heterocycles. The van der Waals surface area contributed by atoms with Gasteiger partial charge in [-0.15, -0.1) is 0 Å². The lowest BCUT2D eigenvalue weighted by Gasteiger charge is -2.21. The van der Waals surface area contributed by atoms with E-state index in [2.05, 4.69) is 4.90 Å². The molecule has 0 unspecified atom stereocenters. The quantitative estimate of drug-likeness (QED) is 0.625. The maximum absolute atomic E-state index is 12.1. The van der Waals surface area contributed by atoms with Crippen LogP contribution in [0.25, 0.3) is 0 Å². The van der Waals surface area contributed by atoms with Crippen LogP contribution in [0.2, 0.25) is 0 Å². The summed E-state index contributed by atoms with van der Waals surface area (Å²) in [5.41, 5.74) is 5.47. The highest BCUT2D eigenvalue weighted by Crippen LogP contribution is 2.09. The van der Waals surface area contributed by atoms with Crippen LogP contribution in [0.4, 0.5) is 0 Å². The summed E-state index contributed by atoms with van der Waals surface area (Å²) in [6.07, 6.45) is 2.73. The number of sulfone groups is 1. The van der Waals surface area contributed by atoms with Crippen molar-refractivity contribution in [2.75, 3.05) is 57.0 Å². The molecule has 0 aromatic heterocycles. The zero-order valence-electron chi connectivity index (χ0n) is 12.0. The number of hydrogen-bond acceptors (Lipinski definition) is 6. The summed E-state index contributed by atoms with van der Waals surface area (Å²) in [5, 5.41) is 0. The van der Waals surface area contributed by atoms with E-state index < -0.39 is 19.9 Å². The van der Waals surface area contributed by atoms with Crippen LogP contribution in [0.1, 0.15) is 12.8 Å². The third-order valence-corrected chi connectivity index (χ3v) is 6.41. The molecule has 0 aromatic rings. The van der Waals surface area contributed by atoms with Crippen molar-refractivity contribution in [1.29, 1.82) is 0 Å². The standard InChI is InChI=1S/C11H25N3O4S2/c1-19(15,16)10-11-20(17,18)14-7-3-6-13(8-9-14)5-2-4-12/h2-12H2,1H3. The summed E-state index contributed by atoms with van der Waals surface area (Å²) in [4.78, 5) is 2.21. The van der Waals surface area contributed by atoms with Crippen molar-refractivity contribution in [2.24, 2.45) is 5.73 Å². The highest BCUT2D eigenvalue weighted by Gasteiger charge is 2.25. The first-order chi connectivity index (χ1) is 9.24. The third-order valence-electron chi connectivity index (χ3n) is 3.33. The van der Waals surface area contributed by atoms with Gasteiger partial charge in [0.2, 0.25) is 10.0 Å². The van der Waals surface area contributed by atoms with Crippen LogP contribution < -0.4 is 5.73 Å². The number of rotatable bonds is 7. The molecule has 0 spiro atoms.